The summed E-state index contributed by atoms with van der Waals surface area (Å²) in [6.45, 7) is 0. The van der Waals surface area contributed by atoms with Crippen LogP contribution in [0.1, 0.15) is 15.9 Å². The first-order valence-electron chi connectivity index (χ1n) is 3.74. The monoisotopic (exact) mass is 207 g/mol. The Bertz CT molecular complexity index is 432. The lowest BCUT2D eigenvalue weighted by molar-refractivity contribution is 0.0696. The lowest BCUT2D eigenvalue weighted by Gasteiger charge is -2.00. The van der Waals surface area contributed by atoms with E-state index < -0.39 is 5.97 Å². The summed E-state index contributed by atoms with van der Waals surface area (Å²) < 4.78 is 0. The van der Waals surface area contributed by atoms with E-state index in [0.29, 0.717) is 10.6 Å². The number of carboxylic acids is 1. The van der Waals surface area contributed by atoms with Gasteiger partial charge in [0.15, 0.2) is 0 Å². The van der Waals surface area contributed by atoms with Crippen LogP contribution in [-0.4, -0.2) is 11.1 Å². The Labute approximate surface area is 85.9 Å². The predicted octanol–water partition coefficient (Wildman–Crippen LogP) is 2.57. The molecule has 0 radical (unpaired) electrons. The van der Waals surface area contributed by atoms with Gasteiger partial charge in [-0.3, -0.25) is 0 Å². The summed E-state index contributed by atoms with van der Waals surface area (Å²) in [5.41, 5.74) is 0.549. The predicted molar refractivity (Wildman–Crippen MR) is 53.1 cm³/mol. The highest BCUT2D eigenvalue weighted by Gasteiger charge is 2.07. The van der Waals surface area contributed by atoms with Gasteiger partial charge in [0.25, 0.3) is 0 Å². The van der Waals surface area contributed by atoms with Crippen LogP contribution in [0.5, 0.6) is 0 Å². The van der Waals surface area contributed by atoms with Gasteiger partial charge in [0, 0.05) is 11.1 Å². The van der Waals surface area contributed by atoms with E-state index in [1.54, 1.807) is 6.07 Å². The van der Waals surface area contributed by atoms with Gasteiger partial charge in [-0.1, -0.05) is 11.6 Å². The topological polar surface area (TPSA) is 61.1 Å². The third-order valence-corrected chi connectivity index (χ3v) is 1.82. The fourth-order valence-electron chi connectivity index (χ4n) is 0.993. The molecule has 1 rings (SSSR count). The van der Waals surface area contributed by atoms with Gasteiger partial charge in [0.1, 0.15) is 0 Å². The minimum absolute atomic E-state index is 0.126. The second-order valence-corrected chi connectivity index (χ2v) is 2.94. The van der Waals surface area contributed by atoms with Crippen molar-refractivity contribution < 1.29 is 9.90 Å². The Morgan fingerprint density at radius 1 is 1.57 bits per heavy atom. The molecule has 0 unspecified atom stereocenters. The van der Waals surface area contributed by atoms with Gasteiger partial charge in [0.05, 0.1) is 11.6 Å². The number of benzene rings is 1. The van der Waals surface area contributed by atoms with Crippen molar-refractivity contribution >= 4 is 23.6 Å². The molecule has 0 spiro atoms. The maximum atomic E-state index is 10.7. The van der Waals surface area contributed by atoms with Gasteiger partial charge >= 0.3 is 5.97 Å². The third kappa shape index (κ3) is 2.35. The van der Waals surface area contributed by atoms with Crippen LogP contribution in [0, 0.1) is 11.3 Å². The fourth-order valence-corrected chi connectivity index (χ4v) is 1.17. The van der Waals surface area contributed by atoms with Crippen molar-refractivity contribution in [2.45, 2.75) is 0 Å². The Kier molecular flexibility index (Phi) is 3.27. The summed E-state index contributed by atoms with van der Waals surface area (Å²) in [5.74, 6) is -1.04. The van der Waals surface area contributed by atoms with Gasteiger partial charge < -0.3 is 5.11 Å². The minimum Gasteiger partial charge on any atom is -0.478 e. The largest absolute Gasteiger partial charge is 0.478 e. The summed E-state index contributed by atoms with van der Waals surface area (Å²) in [6, 6.07) is 6.18. The molecule has 0 aliphatic rings. The molecule has 1 aromatic carbocycles. The van der Waals surface area contributed by atoms with Crippen LogP contribution in [0.25, 0.3) is 6.08 Å². The second kappa shape index (κ2) is 4.45. The normalized spacial score (nSPS) is 10.0. The van der Waals surface area contributed by atoms with E-state index in [4.69, 9.17) is 22.0 Å². The number of hydrogen-bond acceptors (Lipinski definition) is 2. The molecule has 0 aliphatic carbocycles. The standard InChI is InChI=1S/C10H6ClNO2/c11-8-3-4-9(10(13)14)7(6-8)2-1-5-12/h1-4,6H,(H,13,14). The highest BCUT2D eigenvalue weighted by atomic mass is 35.5. The maximum absolute atomic E-state index is 10.7. The molecule has 0 heterocycles. The Hall–Kier alpha value is -1.79. The summed E-state index contributed by atoms with van der Waals surface area (Å²) in [5, 5.41) is 17.5. The molecule has 0 aromatic heterocycles. The lowest BCUT2D eigenvalue weighted by Crippen LogP contribution is -1.98. The number of carboxylic acid groups (broad SMARTS) is 1. The fraction of sp³-hybridized carbons (Fsp3) is 0. The maximum Gasteiger partial charge on any atom is 0.336 e. The molecule has 0 amide bonds. The van der Waals surface area contributed by atoms with Crippen molar-refractivity contribution in [3.8, 4) is 6.07 Å². The highest BCUT2D eigenvalue weighted by Crippen LogP contribution is 2.17. The van der Waals surface area contributed by atoms with Crippen LogP contribution in [0.15, 0.2) is 24.3 Å². The van der Waals surface area contributed by atoms with E-state index in [9.17, 15) is 4.79 Å². The van der Waals surface area contributed by atoms with E-state index in [1.807, 2.05) is 0 Å². The summed E-state index contributed by atoms with van der Waals surface area (Å²) in [6.07, 6.45) is 2.62. The van der Waals surface area contributed by atoms with Crippen LogP contribution < -0.4 is 0 Å². The van der Waals surface area contributed by atoms with Crippen molar-refractivity contribution in [2.75, 3.05) is 0 Å². The van der Waals surface area contributed by atoms with E-state index >= 15 is 0 Å². The van der Waals surface area contributed by atoms with E-state index in [0.717, 1.165) is 0 Å². The van der Waals surface area contributed by atoms with Crippen LogP contribution in [0.3, 0.4) is 0 Å². The number of allylic oxidation sites excluding steroid dienone is 1. The molecule has 3 nitrogen and oxygen atoms in total. The molecule has 0 saturated heterocycles. The first-order chi connectivity index (χ1) is 6.65. The molecule has 70 valence electrons. The number of nitrogens with zero attached hydrogens (tertiary/aromatic N) is 1. The SMILES string of the molecule is N#CC=Cc1cc(Cl)ccc1C(=O)O. The summed E-state index contributed by atoms with van der Waals surface area (Å²) in [7, 11) is 0. The molecule has 0 aliphatic heterocycles. The number of nitriles is 1. The minimum atomic E-state index is -1.04. The van der Waals surface area contributed by atoms with Crippen LogP contribution >= 0.6 is 11.6 Å². The molecule has 0 saturated carbocycles. The summed E-state index contributed by atoms with van der Waals surface area (Å²) in [4.78, 5) is 10.7. The Morgan fingerprint density at radius 2 is 2.29 bits per heavy atom. The summed E-state index contributed by atoms with van der Waals surface area (Å²) >= 11 is 5.69. The van der Waals surface area contributed by atoms with Crippen LogP contribution in [0.2, 0.25) is 5.02 Å². The van der Waals surface area contributed by atoms with Crippen molar-refractivity contribution in [3.05, 3.63) is 40.4 Å². The van der Waals surface area contributed by atoms with Gasteiger partial charge in [0.2, 0.25) is 0 Å². The number of rotatable bonds is 2. The molecule has 0 bridgehead atoms. The van der Waals surface area contributed by atoms with Gasteiger partial charge in [-0.15, -0.1) is 0 Å². The number of hydrogen-bond donors (Lipinski definition) is 1. The zero-order chi connectivity index (χ0) is 10.6. The molecule has 1 aromatic rings. The molecule has 14 heavy (non-hydrogen) atoms. The van der Waals surface area contributed by atoms with Crippen molar-refractivity contribution in [1.82, 2.24) is 0 Å². The lowest BCUT2D eigenvalue weighted by atomic mass is 10.1. The van der Waals surface area contributed by atoms with E-state index in [1.165, 1.54) is 30.4 Å². The molecular formula is C10H6ClNO2. The Balaban J connectivity index is 3.24. The molecule has 1 N–H and O–H groups in total. The van der Waals surface area contributed by atoms with E-state index in [2.05, 4.69) is 0 Å². The number of carbonyl (C=O) groups is 1. The van der Waals surface area contributed by atoms with Crippen molar-refractivity contribution in [1.29, 1.82) is 5.26 Å². The average Bonchev–Trinajstić information content (AvgIpc) is 2.14. The van der Waals surface area contributed by atoms with Gasteiger partial charge in [-0.05, 0) is 29.8 Å². The van der Waals surface area contributed by atoms with Gasteiger partial charge in [-0.2, -0.15) is 5.26 Å². The van der Waals surface area contributed by atoms with E-state index in [-0.39, 0.29) is 5.56 Å². The highest BCUT2D eigenvalue weighted by molar-refractivity contribution is 6.30. The average molecular weight is 208 g/mol. The zero-order valence-corrected chi connectivity index (χ0v) is 7.82. The first-order valence-corrected chi connectivity index (χ1v) is 4.12. The molecule has 0 fully saturated rings. The molecule has 4 heteroatoms. The second-order valence-electron chi connectivity index (χ2n) is 2.50. The number of halogens is 1. The first kappa shape index (κ1) is 10.3. The third-order valence-electron chi connectivity index (χ3n) is 1.58. The molecular weight excluding hydrogens is 202 g/mol. The smallest absolute Gasteiger partial charge is 0.336 e. The van der Waals surface area contributed by atoms with Crippen molar-refractivity contribution in [2.24, 2.45) is 0 Å². The number of aromatic carboxylic acids is 1. The Morgan fingerprint density at radius 3 is 2.86 bits per heavy atom. The van der Waals surface area contributed by atoms with Crippen molar-refractivity contribution in [3.63, 3.8) is 0 Å². The van der Waals surface area contributed by atoms with Crippen LogP contribution in [-0.2, 0) is 0 Å². The van der Waals surface area contributed by atoms with Crippen LogP contribution in [0.4, 0.5) is 0 Å². The molecule has 0 atom stereocenters. The van der Waals surface area contributed by atoms with Gasteiger partial charge in [-0.25, -0.2) is 4.79 Å². The quantitative estimate of drug-likeness (QED) is 0.759. The zero-order valence-electron chi connectivity index (χ0n) is 7.07.